The van der Waals surface area contributed by atoms with Crippen molar-refractivity contribution in [2.75, 3.05) is 6.67 Å². The van der Waals surface area contributed by atoms with Crippen molar-refractivity contribution in [3.8, 4) is 0 Å². The molecule has 0 aromatic heterocycles. The van der Waals surface area contributed by atoms with Gasteiger partial charge in [0.1, 0.15) is 0 Å². The number of halogens is 19. The van der Waals surface area contributed by atoms with Gasteiger partial charge in [0.15, 0.2) is 6.67 Å². The molecule has 0 heterocycles. The molecule has 0 aliphatic carbocycles. The lowest BCUT2D eigenvalue weighted by Crippen LogP contribution is -2.75. The van der Waals surface area contributed by atoms with Gasteiger partial charge in [-0.05, 0) is 0 Å². The maximum Gasteiger partial charge on any atom is 0.385 e. The van der Waals surface area contributed by atoms with Crippen LogP contribution in [0.2, 0.25) is 0 Å². The molecule has 0 N–H and O–H groups in total. The van der Waals surface area contributed by atoms with E-state index in [9.17, 15) is 83.4 Å². The van der Waals surface area contributed by atoms with E-state index in [1.165, 1.54) is 0 Å². The smallest absolute Gasteiger partial charge is 0.244 e. The molecule has 1 rings (SSSR count). The van der Waals surface area contributed by atoms with Crippen LogP contribution in [-0.2, 0) is 5.92 Å². The first-order valence-electron chi connectivity index (χ1n) is 8.18. The van der Waals surface area contributed by atoms with Gasteiger partial charge in [-0.3, -0.25) is 0 Å². The SMILES string of the molecule is FCC(F)(F)C(F)(F)C(F)(F)C(F)(F)C(F)(F)C(F)(F)C(F)(F)C(F)(F)C(F)(F)c1ccccc1. The molecule has 35 heavy (non-hydrogen) atoms. The number of rotatable bonds is 10. The average Bonchev–Trinajstić information content (AvgIpc) is 2.73. The summed E-state index contributed by atoms with van der Waals surface area (Å²) in [6, 6.07) is 1.22. The fourth-order valence-corrected chi connectivity index (χ4v) is 2.33. The zero-order valence-electron chi connectivity index (χ0n) is 15.8. The molecule has 0 saturated heterocycles. The van der Waals surface area contributed by atoms with Crippen molar-refractivity contribution in [3.05, 3.63) is 35.9 Å². The van der Waals surface area contributed by atoms with Crippen molar-refractivity contribution < 1.29 is 83.4 Å². The summed E-state index contributed by atoms with van der Waals surface area (Å²) in [6.07, 6.45) is 0. The molecule has 0 unspecified atom stereocenters. The zero-order chi connectivity index (χ0) is 28.3. The monoisotopic (exact) mass is 560 g/mol. The minimum atomic E-state index is -8.86. The summed E-state index contributed by atoms with van der Waals surface area (Å²) >= 11 is 0. The standard InChI is InChI=1S/C16H7F19/c17-6-8(18,19)10(22,23)12(26,27)14(30,31)16(34,35)15(32,33)13(28,29)11(24,25)9(20,21)7-4-2-1-3-5-7/h1-5H,6H2. The summed E-state index contributed by atoms with van der Waals surface area (Å²) in [7, 11) is 0. The summed E-state index contributed by atoms with van der Waals surface area (Å²) in [6.45, 7) is -4.01. The molecule has 204 valence electrons. The second-order valence-corrected chi connectivity index (χ2v) is 6.80. The van der Waals surface area contributed by atoms with Crippen LogP contribution in [0.1, 0.15) is 5.56 Å². The minimum absolute atomic E-state index is 0.164. The third kappa shape index (κ3) is 3.77. The summed E-state index contributed by atoms with van der Waals surface area (Å²) in [5.74, 6) is -72.9. The molecule has 0 aliphatic rings. The van der Waals surface area contributed by atoms with E-state index in [-0.39, 0.29) is 12.1 Å². The highest BCUT2D eigenvalue weighted by molar-refractivity contribution is 5.26. The second kappa shape index (κ2) is 8.21. The topological polar surface area (TPSA) is 0 Å². The Bertz CT molecular complexity index is 885. The molecule has 0 fully saturated rings. The highest BCUT2D eigenvalue weighted by Crippen LogP contribution is 2.65. The molecule has 0 bridgehead atoms. The Labute approximate surface area is 180 Å². The van der Waals surface area contributed by atoms with Gasteiger partial charge in [0.25, 0.3) is 0 Å². The average molecular weight is 560 g/mol. The Kier molecular flexibility index (Phi) is 7.25. The van der Waals surface area contributed by atoms with Gasteiger partial charge in [-0.2, -0.15) is 79.0 Å². The normalized spacial score (nSPS) is 16.0. The molecule has 0 amide bonds. The quantitative estimate of drug-likeness (QED) is 0.256. The minimum Gasteiger partial charge on any atom is -0.244 e. The molecule has 0 saturated carbocycles. The van der Waals surface area contributed by atoms with Crippen LogP contribution in [0.4, 0.5) is 83.4 Å². The van der Waals surface area contributed by atoms with E-state index in [1.54, 1.807) is 0 Å². The van der Waals surface area contributed by atoms with Crippen molar-refractivity contribution in [2.24, 2.45) is 0 Å². The van der Waals surface area contributed by atoms with Crippen LogP contribution >= 0.6 is 0 Å². The van der Waals surface area contributed by atoms with Gasteiger partial charge in [0, 0.05) is 5.56 Å². The fourth-order valence-electron chi connectivity index (χ4n) is 2.33. The molecule has 0 aliphatic heterocycles. The first-order chi connectivity index (χ1) is 15.2. The molecule has 1 aromatic rings. The lowest BCUT2D eigenvalue weighted by atomic mass is 9.85. The van der Waals surface area contributed by atoms with Crippen molar-refractivity contribution in [1.29, 1.82) is 0 Å². The predicted octanol–water partition coefficient (Wildman–Crippen LogP) is 7.83. The van der Waals surface area contributed by atoms with E-state index in [0.29, 0.717) is 12.1 Å². The Morgan fingerprint density at radius 2 is 0.686 bits per heavy atom. The van der Waals surface area contributed by atoms with Crippen LogP contribution < -0.4 is 0 Å². The van der Waals surface area contributed by atoms with Crippen molar-refractivity contribution >= 4 is 0 Å². The summed E-state index contributed by atoms with van der Waals surface area (Å²) in [4.78, 5) is 0. The molecule has 0 atom stereocenters. The molecular formula is C16H7F19. The third-order valence-corrected chi connectivity index (χ3v) is 4.52. The maximum absolute atomic E-state index is 13.9. The number of alkyl halides is 19. The number of hydrogen-bond donors (Lipinski definition) is 0. The van der Waals surface area contributed by atoms with Crippen LogP contribution in [0, 0.1) is 0 Å². The van der Waals surface area contributed by atoms with E-state index in [1.807, 2.05) is 0 Å². The Hall–Kier alpha value is -2.11. The van der Waals surface area contributed by atoms with Gasteiger partial charge < -0.3 is 0 Å². The van der Waals surface area contributed by atoms with Crippen LogP contribution in [0.3, 0.4) is 0 Å². The Morgan fingerprint density at radius 3 is 1.00 bits per heavy atom. The van der Waals surface area contributed by atoms with E-state index in [2.05, 4.69) is 0 Å². The maximum atomic E-state index is 13.9. The van der Waals surface area contributed by atoms with Gasteiger partial charge in [-0.25, -0.2) is 4.39 Å². The van der Waals surface area contributed by atoms with Crippen LogP contribution in [-0.4, -0.2) is 54.1 Å². The zero-order valence-corrected chi connectivity index (χ0v) is 15.8. The van der Waals surface area contributed by atoms with Gasteiger partial charge in [-0.15, -0.1) is 0 Å². The Balaban J connectivity index is 3.76. The van der Waals surface area contributed by atoms with Crippen molar-refractivity contribution in [2.45, 2.75) is 53.3 Å². The first kappa shape index (κ1) is 30.9. The van der Waals surface area contributed by atoms with E-state index < -0.39 is 65.5 Å². The Morgan fingerprint density at radius 1 is 0.400 bits per heavy atom. The summed E-state index contributed by atoms with van der Waals surface area (Å²) in [5, 5.41) is 0. The van der Waals surface area contributed by atoms with Gasteiger partial charge in [0.05, 0.1) is 0 Å². The molecule has 1 aromatic carbocycles. The van der Waals surface area contributed by atoms with Crippen LogP contribution in [0.25, 0.3) is 0 Å². The summed E-state index contributed by atoms with van der Waals surface area (Å²) < 4.78 is 254. The fraction of sp³-hybridized carbons (Fsp3) is 0.625. The van der Waals surface area contributed by atoms with Crippen LogP contribution in [0.5, 0.6) is 0 Å². The molecule has 0 nitrogen and oxygen atoms in total. The van der Waals surface area contributed by atoms with E-state index in [4.69, 9.17) is 0 Å². The van der Waals surface area contributed by atoms with Gasteiger partial charge in [0.2, 0.25) is 0 Å². The van der Waals surface area contributed by atoms with Crippen molar-refractivity contribution in [1.82, 2.24) is 0 Å². The van der Waals surface area contributed by atoms with E-state index in [0.717, 1.165) is 6.07 Å². The lowest BCUT2D eigenvalue weighted by molar-refractivity contribution is -0.463. The number of benzene rings is 1. The second-order valence-electron chi connectivity index (χ2n) is 6.80. The highest BCUT2D eigenvalue weighted by Gasteiger charge is 2.96. The number of hydrogen-bond acceptors (Lipinski definition) is 0. The molecular weight excluding hydrogens is 553 g/mol. The van der Waals surface area contributed by atoms with Crippen molar-refractivity contribution in [3.63, 3.8) is 0 Å². The van der Waals surface area contributed by atoms with E-state index >= 15 is 0 Å². The van der Waals surface area contributed by atoms with Crippen LogP contribution in [0.15, 0.2) is 30.3 Å². The summed E-state index contributed by atoms with van der Waals surface area (Å²) in [5.41, 5.74) is -2.31. The molecule has 0 radical (unpaired) electrons. The highest BCUT2D eigenvalue weighted by atomic mass is 19.4. The van der Waals surface area contributed by atoms with Gasteiger partial charge >= 0.3 is 53.3 Å². The molecule has 0 spiro atoms. The first-order valence-corrected chi connectivity index (χ1v) is 8.18. The predicted molar refractivity (Wildman–Crippen MR) is 75.9 cm³/mol. The third-order valence-electron chi connectivity index (χ3n) is 4.52. The van der Waals surface area contributed by atoms with Gasteiger partial charge in [-0.1, -0.05) is 30.3 Å². The largest absolute Gasteiger partial charge is 0.385 e. The lowest BCUT2D eigenvalue weighted by Gasteiger charge is -2.44. The molecule has 19 heteroatoms.